The number of thiazole rings is 1. The molecule has 3 amide bonds. The van der Waals surface area contributed by atoms with E-state index < -0.39 is 29.6 Å². The number of aromatic nitrogens is 1. The Kier molecular flexibility index (Phi) is 7.31. The van der Waals surface area contributed by atoms with Crippen LogP contribution in [0.25, 0.3) is 0 Å². The highest BCUT2D eigenvalue weighted by Gasteiger charge is 2.27. The highest BCUT2D eigenvalue weighted by molar-refractivity contribution is 7.13. The molecule has 0 aliphatic carbocycles. The van der Waals surface area contributed by atoms with Crippen molar-refractivity contribution in [1.29, 1.82) is 0 Å². The molecule has 11 nitrogen and oxygen atoms in total. The van der Waals surface area contributed by atoms with Gasteiger partial charge in [-0.3, -0.25) is 9.59 Å². The van der Waals surface area contributed by atoms with Crippen molar-refractivity contribution in [2.45, 2.75) is 19.4 Å². The van der Waals surface area contributed by atoms with E-state index in [1.807, 2.05) is 10.2 Å². The molecule has 156 valence electrons. The van der Waals surface area contributed by atoms with E-state index in [0.29, 0.717) is 31.2 Å². The number of carbonyl (C=O) groups excluding carboxylic acids is 3. The van der Waals surface area contributed by atoms with Crippen molar-refractivity contribution in [1.82, 2.24) is 20.9 Å². The zero-order valence-corrected chi connectivity index (χ0v) is 16.5. The lowest BCUT2D eigenvalue weighted by molar-refractivity contribution is -0.134. The second-order valence-corrected chi connectivity index (χ2v) is 6.82. The van der Waals surface area contributed by atoms with Gasteiger partial charge in [-0.05, 0) is 13.3 Å². The van der Waals surface area contributed by atoms with Crippen molar-refractivity contribution < 1.29 is 29.0 Å². The fourth-order valence-corrected chi connectivity index (χ4v) is 3.27. The number of hydrogen-bond acceptors (Lipinski definition) is 8. The molecule has 1 fully saturated rings. The van der Waals surface area contributed by atoms with E-state index in [9.17, 15) is 19.2 Å². The van der Waals surface area contributed by atoms with E-state index in [1.165, 1.54) is 16.7 Å². The maximum absolute atomic E-state index is 12.3. The summed E-state index contributed by atoms with van der Waals surface area (Å²) in [6, 6.07) is -0.0824. The molecule has 1 aromatic heterocycles. The van der Waals surface area contributed by atoms with E-state index in [4.69, 9.17) is 9.84 Å². The lowest BCUT2D eigenvalue weighted by Crippen LogP contribution is -2.37. The van der Waals surface area contributed by atoms with Gasteiger partial charge in [0.05, 0.1) is 18.3 Å². The number of rotatable bonds is 8. The number of aliphatic carboxylic acids is 1. The van der Waals surface area contributed by atoms with Gasteiger partial charge < -0.3 is 30.7 Å². The van der Waals surface area contributed by atoms with E-state index in [-0.39, 0.29) is 17.4 Å². The van der Waals surface area contributed by atoms with Gasteiger partial charge in [0.2, 0.25) is 0 Å². The van der Waals surface area contributed by atoms with Gasteiger partial charge in [0.15, 0.2) is 5.13 Å². The number of nitrogens with zero attached hydrogens (tertiary/aromatic N) is 2. The molecule has 2 rings (SSSR count). The van der Waals surface area contributed by atoms with Crippen LogP contribution in [0.5, 0.6) is 0 Å². The van der Waals surface area contributed by atoms with Crippen molar-refractivity contribution in [3.8, 4) is 0 Å². The Balaban J connectivity index is 1.89. The fraction of sp³-hybridized carbons (Fsp3) is 0.353. The van der Waals surface area contributed by atoms with Crippen LogP contribution in [-0.2, 0) is 14.3 Å². The van der Waals surface area contributed by atoms with Crippen LogP contribution in [-0.4, -0.2) is 59.7 Å². The highest BCUT2D eigenvalue weighted by Crippen LogP contribution is 2.24. The molecule has 4 N–H and O–H groups in total. The van der Waals surface area contributed by atoms with E-state index >= 15 is 0 Å². The van der Waals surface area contributed by atoms with Crippen LogP contribution in [0.2, 0.25) is 0 Å². The van der Waals surface area contributed by atoms with Crippen LogP contribution in [0.3, 0.4) is 0 Å². The predicted molar refractivity (Wildman–Crippen MR) is 104 cm³/mol. The number of carboxylic acid groups (broad SMARTS) is 1. The topological polar surface area (TPSA) is 150 Å². The van der Waals surface area contributed by atoms with Crippen LogP contribution >= 0.6 is 11.3 Å². The number of hydrogen-bond donors (Lipinski definition) is 4. The molecule has 1 aromatic rings. The summed E-state index contributed by atoms with van der Waals surface area (Å²) >= 11 is 1.24. The summed E-state index contributed by atoms with van der Waals surface area (Å²) in [6.07, 6.45) is 0.241. The lowest BCUT2D eigenvalue weighted by Gasteiger charge is -2.15. The summed E-state index contributed by atoms with van der Waals surface area (Å²) in [5.74, 6) is -2.95. The Morgan fingerprint density at radius 1 is 1.31 bits per heavy atom. The SMILES string of the molecule is C=C(NC(=O)C(=C)NC(=O)c1csc(N2CCC(NC(=O)OCC)C2)n1)C(=O)O. The Hall–Kier alpha value is -3.41. The number of nitrogens with one attached hydrogen (secondary N) is 3. The van der Waals surface area contributed by atoms with Gasteiger partial charge in [0.1, 0.15) is 11.4 Å². The van der Waals surface area contributed by atoms with Crippen molar-refractivity contribution in [3.05, 3.63) is 35.6 Å². The van der Waals surface area contributed by atoms with Crippen LogP contribution in [0.15, 0.2) is 29.9 Å². The van der Waals surface area contributed by atoms with Crippen LogP contribution in [0.4, 0.5) is 9.93 Å². The van der Waals surface area contributed by atoms with Gasteiger partial charge in [-0.25, -0.2) is 14.6 Å². The third kappa shape index (κ3) is 6.04. The first kappa shape index (κ1) is 21.9. The van der Waals surface area contributed by atoms with Gasteiger partial charge in [0.25, 0.3) is 11.8 Å². The first-order valence-electron chi connectivity index (χ1n) is 8.58. The molecule has 2 heterocycles. The molecule has 0 aromatic carbocycles. The predicted octanol–water partition coefficient (Wildman–Crippen LogP) is 0.426. The molecule has 0 bridgehead atoms. The summed E-state index contributed by atoms with van der Waals surface area (Å²) in [5.41, 5.74) is -0.800. The normalized spacial score (nSPS) is 15.3. The highest BCUT2D eigenvalue weighted by atomic mass is 32.1. The monoisotopic (exact) mass is 423 g/mol. The minimum absolute atomic E-state index is 0.0813. The number of alkyl carbamates (subject to hydrolysis) is 1. The second-order valence-electron chi connectivity index (χ2n) is 5.98. The lowest BCUT2D eigenvalue weighted by atomic mass is 10.3. The summed E-state index contributed by atoms with van der Waals surface area (Å²) in [7, 11) is 0. The van der Waals surface area contributed by atoms with Crippen molar-refractivity contribution in [2.24, 2.45) is 0 Å². The van der Waals surface area contributed by atoms with Crippen LogP contribution < -0.4 is 20.9 Å². The molecule has 1 aliphatic heterocycles. The minimum Gasteiger partial charge on any atom is -0.477 e. The Morgan fingerprint density at radius 3 is 2.69 bits per heavy atom. The molecule has 0 radical (unpaired) electrons. The summed E-state index contributed by atoms with van der Waals surface area (Å²) in [4.78, 5) is 52.4. The average Bonchev–Trinajstić information content (AvgIpc) is 3.30. The molecule has 1 aliphatic rings. The number of carbonyl (C=O) groups is 4. The summed E-state index contributed by atoms with van der Waals surface area (Å²) in [6.45, 7) is 9.76. The Bertz CT molecular complexity index is 851. The first-order valence-corrected chi connectivity index (χ1v) is 9.46. The van der Waals surface area contributed by atoms with Crippen molar-refractivity contribution in [2.75, 3.05) is 24.6 Å². The molecule has 1 atom stereocenters. The zero-order chi connectivity index (χ0) is 21.6. The third-order valence-corrected chi connectivity index (χ3v) is 4.74. The molecule has 29 heavy (non-hydrogen) atoms. The minimum atomic E-state index is -1.40. The Labute approximate surface area is 170 Å². The van der Waals surface area contributed by atoms with Gasteiger partial charge in [-0.1, -0.05) is 13.2 Å². The summed E-state index contributed by atoms with van der Waals surface area (Å²) in [5, 5.41) is 17.8. The van der Waals surface area contributed by atoms with Crippen molar-refractivity contribution >= 4 is 40.3 Å². The number of carboxylic acids is 1. The van der Waals surface area contributed by atoms with Gasteiger partial charge in [-0.2, -0.15) is 0 Å². The number of anilines is 1. The molecular weight excluding hydrogens is 402 g/mol. The third-order valence-electron chi connectivity index (χ3n) is 3.84. The van der Waals surface area contributed by atoms with Gasteiger partial charge >= 0.3 is 12.1 Å². The maximum Gasteiger partial charge on any atom is 0.407 e. The molecule has 1 saturated heterocycles. The van der Waals surface area contributed by atoms with Crippen molar-refractivity contribution in [3.63, 3.8) is 0 Å². The molecule has 1 unspecified atom stereocenters. The second kappa shape index (κ2) is 9.68. The maximum atomic E-state index is 12.3. The molecule has 0 saturated carbocycles. The smallest absolute Gasteiger partial charge is 0.407 e. The van der Waals surface area contributed by atoms with E-state index in [1.54, 1.807) is 6.92 Å². The quantitative estimate of drug-likeness (QED) is 0.440. The van der Waals surface area contributed by atoms with E-state index in [2.05, 4.69) is 28.8 Å². The van der Waals surface area contributed by atoms with Crippen LogP contribution in [0.1, 0.15) is 23.8 Å². The Morgan fingerprint density at radius 2 is 2.03 bits per heavy atom. The molecular formula is C17H21N5O6S. The first-order chi connectivity index (χ1) is 13.7. The largest absolute Gasteiger partial charge is 0.477 e. The molecule has 12 heteroatoms. The molecule has 0 spiro atoms. The fourth-order valence-electron chi connectivity index (χ4n) is 2.43. The summed E-state index contributed by atoms with van der Waals surface area (Å²) < 4.78 is 4.86. The average molecular weight is 423 g/mol. The van der Waals surface area contributed by atoms with Crippen LogP contribution in [0, 0.1) is 0 Å². The number of amides is 3. The number of ether oxygens (including phenoxy) is 1. The zero-order valence-electron chi connectivity index (χ0n) is 15.7. The van der Waals surface area contributed by atoms with E-state index in [0.717, 1.165) is 0 Å². The van der Waals surface area contributed by atoms with Gasteiger partial charge in [-0.15, -0.1) is 11.3 Å². The van der Waals surface area contributed by atoms with Gasteiger partial charge in [0, 0.05) is 18.5 Å². The standard InChI is InChI=1S/C17H21N5O6S/c1-4-28-17(27)20-11-5-6-22(7-11)16-21-12(8-29-16)14(24)18-9(2)13(23)19-10(3)15(25)26/h8,11H,2-7H2,1H3,(H,18,24)(H,19,23)(H,20,27)(H,25,26).